The molecule has 0 saturated carbocycles. The highest BCUT2D eigenvalue weighted by Crippen LogP contribution is 2.13. The molecular formula is C13H25IN2O3. The molecule has 0 spiro atoms. The second-order valence-electron chi connectivity index (χ2n) is 5.32. The Morgan fingerprint density at radius 3 is 2.74 bits per heavy atom. The van der Waals surface area contributed by atoms with Crippen molar-refractivity contribution in [3.8, 4) is 0 Å². The standard InChI is InChI=1S/C13H25IN2O3/c1-10(2)5-6-18-7-8-19-9-11-3-4-12(15-11)13(17)16-14/h10-12,15H,3-9H2,1-2H3,(H,16,17). The van der Waals surface area contributed by atoms with Gasteiger partial charge in [-0.3, -0.25) is 8.32 Å². The normalized spacial score (nSPS) is 22.9. The minimum absolute atomic E-state index is 0.0557. The lowest BCUT2D eigenvalue weighted by Gasteiger charge is -2.13. The van der Waals surface area contributed by atoms with E-state index >= 15 is 0 Å². The first kappa shape index (κ1) is 17.1. The fraction of sp³-hybridized carbons (Fsp3) is 0.923. The minimum atomic E-state index is -0.0622. The zero-order chi connectivity index (χ0) is 14.1. The molecule has 0 bridgehead atoms. The summed E-state index contributed by atoms with van der Waals surface area (Å²) in [6.07, 6.45) is 2.97. The maximum Gasteiger partial charge on any atom is 0.245 e. The van der Waals surface area contributed by atoms with Crippen LogP contribution < -0.4 is 8.85 Å². The van der Waals surface area contributed by atoms with Crippen LogP contribution in [0.5, 0.6) is 0 Å². The van der Waals surface area contributed by atoms with E-state index in [1.165, 1.54) is 0 Å². The topological polar surface area (TPSA) is 59.6 Å². The lowest BCUT2D eigenvalue weighted by molar-refractivity contribution is -0.120. The van der Waals surface area contributed by atoms with Crippen LogP contribution in [0.3, 0.4) is 0 Å². The Morgan fingerprint density at radius 1 is 1.32 bits per heavy atom. The van der Waals surface area contributed by atoms with Crippen molar-refractivity contribution >= 4 is 28.8 Å². The molecular weight excluding hydrogens is 359 g/mol. The second-order valence-corrected chi connectivity index (χ2v) is 5.86. The first-order chi connectivity index (χ1) is 9.13. The monoisotopic (exact) mass is 384 g/mol. The third-order valence-corrected chi connectivity index (χ3v) is 3.71. The average Bonchev–Trinajstić information content (AvgIpc) is 2.85. The molecule has 0 aromatic carbocycles. The van der Waals surface area contributed by atoms with Crippen LogP contribution in [0.4, 0.5) is 0 Å². The third-order valence-electron chi connectivity index (χ3n) is 3.18. The molecule has 112 valence electrons. The molecule has 2 N–H and O–H groups in total. The van der Waals surface area contributed by atoms with E-state index in [1.54, 1.807) is 0 Å². The Kier molecular flexibility index (Phi) is 8.93. The van der Waals surface area contributed by atoms with Crippen molar-refractivity contribution in [2.24, 2.45) is 5.92 Å². The van der Waals surface area contributed by atoms with Crippen molar-refractivity contribution in [3.05, 3.63) is 0 Å². The number of carbonyl (C=O) groups excluding carboxylic acids is 1. The van der Waals surface area contributed by atoms with Gasteiger partial charge in [0.1, 0.15) is 0 Å². The molecule has 2 unspecified atom stereocenters. The molecule has 0 aliphatic carbocycles. The number of hydrogen-bond donors (Lipinski definition) is 2. The smallest absolute Gasteiger partial charge is 0.245 e. The van der Waals surface area contributed by atoms with E-state index < -0.39 is 0 Å². The van der Waals surface area contributed by atoms with Gasteiger partial charge in [-0.1, -0.05) is 13.8 Å². The first-order valence-corrected chi connectivity index (χ1v) is 8.03. The van der Waals surface area contributed by atoms with Crippen molar-refractivity contribution in [2.75, 3.05) is 26.4 Å². The molecule has 1 aliphatic heterocycles. The van der Waals surface area contributed by atoms with Crippen LogP contribution in [0.15, 0.2) is 0 Å². The van der Waals surface area contributed by atoms with Gasteiger partial charge in [0.05, 0.1) is 48.7 Å². The van der Waals surface area contributed by atoms with Gasteiger partial charge in [-0.25, -0.2) is 0 Å². The predicted molar refractivity (Wildman–Crippen MR) is 83.2 cm³/mol. The van der Waals surface area contributed by atoms with E-state index in [1.807, 2.05) is 22.9 Å². The zero-order valence-electron chi connectivity index (χ0n) is 11.8. The van der Waals surface area contributed by atoms with E-state index in [9.17, 15) is 4.79 Å². The Labute approximate surface area is 129 Å². The number of nitrogens with one attached hydrogen (secondary N) is 2. The van der Waals surface area contributed by atoms with Crippen LogP contribution in [-0.2, 0) is 14.3 Å². The molecule has 5 nitrogen and oxygen atoms in total. The first-order valence-electron chi connectivity index (χ1n) is 6.95. The number of halogens is 1. The SMILES string of the molecule is CC(C)CCOCCOCC1CCC(C(=O)NI)N1. The van der Waals surface area contributed by atoms with Gasteiger partial charge in [0.15, 0.2) is 0 Å². The van der Waals surface area contributed by atoms with Gasteiger partial charge >= 0.3 is 0 Å². The molecule has 0 aromatic heterocycles. The molecule has 1 saturated heterocycles. The second kappa shape index (κ2) is 9.90. The fourth-order valence-corrected chi connectivity index (χ4v) is 2.36. The number of hydrogen-bond acceptors (Lipinski definition) is 4. The largest absolute Gasteiger partial charge is 0.379 e. The summed E-state index contributed by atoms with van der Waals surface area (Å²) < 4.78 is 13.7. The lowest BCUT2D eigenvalue weighted by Crippen LogP contribution is -2.41. The van der Waals surface area contributed by atoms with E-state index in [2.05, 4.69) is 22.7 Å². The molecule has 0 aromatic rings. The van der Waals surface area contributed by atoms with Crippen LogP contribution in [0.25, 0.3) is 0 Å². The van der Waals surface area contributed by atoms with Crippen molar-refractivity contribution in [1.29, 1.82) is 0 Å². The van der Waals surface area contributed by atoms with Gasteiger partial charge in [0.2, 0.25) is 5.91 Å². The van der Waals surface area contributed by atoms with Crippen LogP contribution in [0.1, 0.15) is 33.1 Å². The van der Waals surface area contributed by atoms with E-state index in [0.717, 1.165) is 25.9 Å². The Balaban J connectivity index is 1.95. The summed E-state index contributed by atoms with van der Waals surface area (Å²) in [5.41, 5.74) is 0. The summed E-state index contributed by atoms with van der Waals surface area (Å²) in [5.74, 6) is 0.740. The maximum absolute atomic E-state index is 11.4. The molecule has 1 heterocycles. The van der Waals surface area contributed by atoms with Crippen LogP contribution >= 0.6 is 22.9 Å². The molecule has 1 aliphatic rings. The highest BCUT2D eigenvalue weighted by Gasteiger charge is 2.28. The number of ether oxygens (including phenoxy) is 2. The lowest BCUT2D eigenvalue weighted by atomic mass is 10.1. The van der Waals surface area contributed by atoms with Gasteiger partial charge in [-0.15, -0.1) is 0 Å². The van der Waals surface area contributed by atoms with Gasteiger partial charge in [0.25, 0.3) is 0 Å². The number of amides is 1. The van der Waals surface area contributed by atoms with Gasteiger partial charge < -0.3 is 14.8 Å². The summed E-state index contributed by atoms with van der Waals surface area (Å²) >= 11 is 1.87. The molecule has 2 atom stereocenters. The van der Waals surface area contributed by atoms with E-state index in [-0.39, 0.29) is 18.0 Å². The summed E-state index contributed by atoms with van der Waals surface area (Å²) in [7, 11) is 0. The van der Waals surface area contributed by atoms with Gasteiger partial charge in [-0.05, 0) is 25.2 Å². The molecule has 19 heavy (non-hydrogen) atoms. The summed E-state index contributed by atoms with van der Waals surface area (Å²) in [4.78, 5) is 11.4. The van der Waals surface area contributed by atoms with E-state index in [4.69, 9.17) is 9.47 Å². The van der Waals surface area contributed by atoms with Crippen molar-refractivity contribution in [1.82, 2.24) is 8.85 Å². The van der Waals surface area contributed by atoms with Crippen molar-refractivity contribution in [2.45, 2.75) is 45.2 Å². The average molecular weight is 384 g/mol. The zero-order valence-corrected chi connectivity index (χ0v) is 13.9. The molecule has 1 amide bonds. The molecule has 1 fully saturated rings. The molecule has 0 radical (unpaired) electrons. The van der Waals surface area contributed by atoms with Gasteiger partial charge in [0, 0.05) is 12.6 Å². The fourth-order valence-electron chi connectivity index (χ4n) is 1.99. The Hall–Kier alpha value is 0.0800. The molecule has 6 heteroatoms. The minimum Gasteiger partial charge on any atom is -0.379 e. The summed E-state index contributed by atoms with van der Waals surface area (Å²) in [5, 5.41) is 3.28. The quantitative estimate of drug-likeness (QED) is 0.361. The predicted octanol–water partition coefficient (Wildman–Crippen LogP) is 1.65. The summed E-state index contributed by atoms with van der Waals surface area (Å²) in [6.45, 7) is 7.11. The highest BCUT2D eigenvalue weighted by molar-refractivity contribution is 14.1. The number of carbonyl (C=O) groups is 1. The highest BCUT2D eigenvalue weighted by atomic mass is 127. The van der Waals surface area contributed by atoms with Crippen molar-refractivity contribution < 1.29 is 14.3 Å². The maximum atomic E-state index is 11.4. The van der Waals surface area contributed by atoms with Gasteiger partial charge in [-0.2, -0.15) is 0 Å². The van der Waals surface area contributed by atoms with E-state index in [0.29, 0.717) is 25.7 Å². The van der Waals surface area contributed by atoms with Crippen LogP contribution in [-0.4, -0.2) is 44.4 Å². The Morgan fingerprint density at radius 2 is 2.05 bits per heavy atom. The van der Waals surface area contributed by atoms with Crippen LogP contribution in [0.2, 0.25) is 0 Å². The molecule has 1 rings (SSSR count). The Bertz CT molecular complexity index is 264. The third kappa shape index (κ3) is 7.43. The summed E-state index contributed by atoms with van der Waals surface area (Å²) in [6, 6.07) is 0.224. The van der Waals surface area contributed by atoms with Crippen molar-refractivity contribution in [3.63, 3.8) is 0 Å². The van der Waals surface area contributed by atoms with Crippen LogP contribution in [0, 0.1) is 5.92 Å². The number of rotatable bonds is 9.